The van der Waals surface area contributed by atoms with Gasteiger partial charge < -0.3 is 14.6 Å². The van der Waals surface area contributed by atoms with Crippen LogP contribution in [0.5, 0.6) is 5.75 Å². The number of nitrogens with one attached hydrogen (secondary N) is 1. The third-order valence-corrected chi connectivity index (χ3v) is 5.26. The molecule has 0 unspecified atom stereocenters. The molecule has 0 atom stereocenters. The molecule has 0 saturated heterocycles. The zero-order chi connectivity index (χ0) is 19.5. The highest BCUT2D eigenvalue weighted by Gasteiger charge is 2.21. The van der Waals surface area contributed by atoms with Gasteiger partial charge in [0.2, 0.25) is 5.91 Å². The Morgan fingerprint density at radius 3 is 2.79 bits per heavy atom. The molecule has 1 amide bonds. The van der Waals surface area contributed by atoms with Crippen molar-refractivity contribution >= 4 is 16.8 Å². The minimum atomic E-state index is -0.0605. The van der Waals surface area contributed by atoms with Crippen LogP contribution in [-0.2, 0) is 17.8 Å². The number of para-hydroxylation sites is 1. The quantitative estimate of drug-likeness (QED) is 0.693. The summed E-state index contributed by atoms with van der Waals surface area (Å²) in [6.07, 6.45) is 2.02. The van der Waals surface area contributed by atoms with Crippen LogP contribution in [0.25, 0.3) is 10.9 Å². The molecule has 28 heavy (non-hydrogen) atoms. The number of H-pyrrole nitrogens is 1. The summed E-state index contributed by atoms with van der Waals surface area (Å²) in [7, 11) is 0. The van der Waals surface area contributed by atoms with Gasteiger partial charge in [0, 0.05) is 30.6 Å². The van der Waals surface area contributed by atoms with E-state index in [9.17, 15) is 9.59 Å². The van der Waals surface area contributed by atoms with E-state index in [1.54, 1.807) is 0 Å². The average molecular weight is 376 g/mol. The Balaban J connectivity index is 1.37. The van der Waals surface area contributed by atoms with Crippen LogP contribution in [0.1, 0.15) is 29.5 Å². The maximum Gasteiger partial charge on any atom is 0.251 e. The number of carbonyl (C=O) groups is 1. The van der Waals surface area contributed by atoms with Crippen molar-refractivity contribution in [3.8, 4) is 5.75 Å². The lowest BCUT2D eigenvalue weighted by atomic mass is 9.96. The Labute approximate surface area is 163 Å². The molecular formula is C23H24N2O3. The maximum atomic E-state index is 12.6. The van der Waals surface area contributed by atoms with E-state index in [-0.39, 0.29) is 11.5 Å². The number of aromatic amines is 1. The van der Waals surface area contributed by atoms with E-state index in [4.69, 9.17) is 4.74 Å². The van der Waals surface area contributed by atoms with Gasteiger partial charge in [0.15, 0.2) is 0 Å². The van der Waals surface area contributed by atoms with Crippen molar-refractivity contribution in [3.05, 3.63) is 75.6 Å². The molecule has 2 heterocycles. The Kier molecular flexibility index (Phi) is 5.15. The third kappa shape index (κ3) is 3.93. The summed E-state index contributed by atoms with van der Waals surface area (Å²) in [6.45, 7) is 3.68. The summed E-state index contributed by atoms with van der Waals surface area (Å²) in [5.41, 5.74) is 3.87. The lowest BCUT2D eigenvalue weighted by Gasteiger charge is -2.29. The summed E-state index contributed by atoms with van der Waals surface area (Å²) < 4.78 is 5.66. The minimum Gasteiger partial charge on any atom is -0.494 e. The highest BCUT2D eigenvalue weighted by atomic mass is 16.5. The monoisotopic (exact) mass is 376 g/mol. The van der Waals surface area contributed by atoms with Crippen molar-refractivity contribution in [2.45, 2.75) is 32.7 Å². The molecule has 144 valence electrons. The van der Waals surface area contributed by atoms with Crippen molar-refractivity contribution in [1.82, 2.24) is 9.88 Å². The maximum absolute atomic E-state index is 12.6. The fourth-order valence-electron chi connectivity index (χ4n) is 3.68. The fraction of sp³-hybridized carbons (Fsp3) is 0.304. The van der Waals surface area contributed by atoms with Gasteiger partial charge in [-0.3, -0.25) is 9.59 Å². The molecule has 0 spiro atoms. The summed E-state index contributed by atoms with van der Waals surface area (Å²) in [4.78, 5) is 29.3. The van der Waals surface area contributed by atoms with E-state index in [0.29, 0.717) is 26.0 Å². The van der Waals surface area contributed by atoms with E-state index in [1.807, 2.05) is 54.3 Å². The SMILES string of the molecule is Cc1cc2cc3c(cc2[nH]c1=O)CN(C(=O)CCCOc1ccccc1)CC3. The number of hydrogen-bond acceptors (Lipinski definition) is 3. The standard InChI is InChI=1S/C23H24N2O3/c1-16-12-18-13-17-9-10-25(15-19(17)14-21(18)24-23(16)27)22(26)8-5-11-28-20-6-3-2-4-7-20/h2-4,6-7,12-14H,5,8-11,15H2,1H3,(H,24,27). The van der Waals surface area contributed by atoms with E-state index in [2.05, 4.69) is 11.1 Å². The predicted molar refractivity (Wildman–Crippen MR) is 110 cm³/mol. The molecule has 1 aromatic heterocycles. The molecule has 5 nitrogen and oxygen atoms in total. The molecule has 0 aliphatic carbocycles. The molecule has 1 aliphatic heterocycles. The summed E-state index contributed by atoms with van der Waals surface area (Å²) in [6, 6.07) is 15.7. The molecule has 3 aromatic rings. The van der Waals surface area contributed by atoms with Gasteiger partial charge >= 0.3 is 0 Å². The van der Waals surface area contributed by atoms with Crippen molar-refractivity contribution < 1.29 is 9.53 Å². The molecule has 2 aromatic carbocycles. The zero-order valence-corrected chi connectivity index (χ0v) is 16.0. The first kappa shape index (κ1) is 18.3. The third-order valence-electron chi connectivity index (χ3n) is 5.26. The smallest absolute Gasteiger partial charge is 0.251 e. The largest absolute Gasteiger partial charge is 0.494 e. The first-order chi connectivity index (χ1) is 13.6. The van der Waals surface area contributed by atoms with Crippen LogP contribution in [0.15, 0.2) is 53.3 Å². The minimum absolute atomic E-state index is 0.0605. The number of benzene rings is 2. The molecule has 4 rings (SSSR count). The van der Waals surface area contributed by atoms with E-state index >= 15 is 0 Å². The van der Waals surface area contributed by atoms with Crippen LogP contribution >= 0.6 is 0 Å². The van der Waals surface area contributed by atoms with E-state index in [1.165, 1.54) is 5.56 Å². The van der Waals surface area contributed by atoms with Gasteiger partial charge in [0.1, 0.15) is 5.75 Å². The molecule has 1 aliphatic rings. The molecule has 1 N–H and O–H groups in total. The van der Waals surface area contributed by atoms with Crippen molar-refractivity contribution in [1.29, 1.82) is 0 Å². The number of hydrogen-bond donors (Lipinski definition) is 1. The number of rotatable bonds is 5. The van der Waals surface area contributed by atoms with Crippen LogP contribution in [0.3, 0.4) is 0 Å². The van der Waals surface area contributed by atoms with Crippen molar-refractivity contribution in [2.24, 2.45) is 0 Å². The lowest BCUT2D eigenvalue weighted by Crippen LogP contribution is -2.36. The number of aromatic nitrogens is 1. The normalized spacial score (nSPS) is 13.4. The van der Waals surface area contributed by atoms with Gasteiger partial charge in [0.05, 0.1) is 6.61 Å². The Hall–Kier alpha value is -3.08. The lowest BCUT2D eigenvalue weighted by molar-refractivity contribution is -0.132. The Morgan fingerprint density at radius 2 is 1.96 bits per heavy atom. The fourth-order valence-corrected chi connectivity index (χ4v) is 3.68. The zero-order valence-electron chi connectivity index (χ0n) is 16.0. The van der Waals surface area contributed by atoms with E-state index in [0.717, 1.165) is 40.7 Å². The van der Waals surface area contributed by atoms with Gasteiger partial charge in [-0.15, -0.1) is 0 Å². The second-order valence-corrected chi connectivity index (χ2v) is 7.32. The summed E-state index contributed by atoms with van der Waals surface area (Å²) >= 11 is 0. The van der Waals surface area contributed by atoms with Crippen LogP contribution in [0.2, 0.25) is 0 Å². The predicted octanol–water partition coefficient (Wildman–Crippen LogP) is 3.58. The molecule has 0 radical (unpaired) electrons. The number of ether oxygens (including phenoxy) is 1. The van der Waals surface area contributed by atoms with Gasteiger partial charge in [-0.25, -0.2) is 0 Å². The van der Waals surface area contributed by atoms with Crippen LogP contribution in [0.4, 0.5) is 0 Å². The molecule has 0 bridgehead atoms. The first-order valence-electron chi connectivity index (χ1n) is 9.71. The Bertz CT molecular complexity index is 1060. The van der Waals surface area contributed by atoms with Gasteiger partial charge in [-0.1, -0.05) is 18.2 Å². The topological polar surface area (TPSA) is 62.4 Å². The number of nitrogens with zero attached hydrogens (tertiary/aromatic N) is 1. The van der Waals surface area contributed by atoms with E-state index < -0.39 is 0 Å². The van der Waals surface area contributed by atoms with Gasteiger partial charge in [-0.05, 0) is 66.6 Å². The number of fused-ring (bicyclic) bond motifs is 2. The molecule has 5 heteroatoms. The molecule has 0 saturated carbocycles. The van der Waals surface area contributed by atoms with Crippen LogP contribution < -0.4 is 10.3 Å². The Morgan fingerprint density at radius 1 is 1.14 bits per heavy atom. The number of carbonyl (C=O) groups excluding carboxylic acids is 1. The number of aryl methyl sites for hydroxylation is 1. The average Bonchev–Trinajstić information content (AvgIpc) is 2.71. The highest BCUT2D eigenvalue weighted by Crippen LogP contribution is 2.24. The van der Waals surface area contributed by atoms with Crippen LogP contribution in [-0.4, -0.2) is 28.9 Å². The second kappa shape index (κ2) is 7.89. The number of amides is 1. The van der Waals surface area contributed by atoms with Gasteiger partial charge in [-0.2, -0.15) is 0 Å². The van der Waals surface area contributed by atoms with Crippen molar-refractivity contribution in [2.75, 3.05) is 13.2 Å². The van der Waals surface area contributed by atoms with Gasteiger partial charge in [0.25, 0.3) is 5.56 Å². The number of pyridine rings is 1. The first-order valence-corrected chi connectivity index (χ1v) is 9.71. The molecule has 0 fully saturated rings. The highest BCUT2D eigenvalue weighted by molar-refractivity contribution is 5.82. The van der Waals surface area contributed by atoms with Crippen LogP contribution in [0, 0.1) is 6.92 Å². The summed E-state index contributed by atoms with van der Waals surface area (Å²) in [5, 5.41) is 1.05. The summed E-state index contributed by atoms with van der Waals surface area (Å²) in [5.74, 6) is 0.984. The second-order valence-electron chi connectivity index (χ2n) is 7.32. The molecular weight excluding hydrogens is 352 g/mol. The van der Waals surface area contributed by atoms with Crippen molar-refractivity contribution in [3.63, 3.8) is 0 Å².